The van der Waals surface area contributed by atoms with Crippen LogP contribution in [0.25, 0.3) is 0 Å². The highest BCUT2D eigenvalue weighted by atomic mass is 35.5. The van der Waals surface area contributed by atoms with E-state index in [9.17, 15) is 8.78 Å². The quantitative estimate of drug-likeness (QED) is 0.671. The van der Waals surface area contributed by atoms with E-state index in [-0.39, 0.29) is 0 Å². The van der Waals surface area contributed by atoms with Gasteiger partial charge in [0.25, 0.3) is 0 Å². The predicted molar refractivity (Wildman–Crippen MR) is 53.0 cm³/mol. The normalized spacial score (nSPS) is 21.0. The van der Waals surface area contributed by atoms with Crippen molar-refractivity contribution < 1.29 is 8.78 Å². The number of fused-ring (bicyclic) bond motifs is 1. The lowest BCUT2D eigenvalue weighted by Gasteiger charge is -2.17. The van der Waals surface area contributed by atoms with Crippen LogP contribution >= 0.6 is 11.6 Å². The molecular weight excluding hydrogens is 206 g/mol. The second-order valence-electron chi connectivity index (χ2n) is 3.97. The highest BCUT2D eigenvalue weighted by Crippen LogP contribution is 2.37. The van der Waals surface area contributed by atoms with Gasteiger partial charge in [-0.15, -0.1) is 0 Å². The van der Waals surface area contributed by atoms with E-state index in [1.54, 1.807) is 12.1 Å². The predicted octanol–water partition coefficient (Wildman–Crippen LogP) is 3.71. The van der Waals surface area contributed by atoms with E-state index >= 15 is 0 Å². The highest BCUT2D eigenvalue weighted by Gasteiger charge is 2.38. The summed E-state index contributed by atoms with van der Waals surface area (Å²) in [5.41, 5.74) is 1.99. The maximum absolute atomic E-state index is 13.1. The minimum atomic E-state index is -2.59. The van der Waals surface area contributed by atoms with E-state index in [2.05, 4.69) is 0 Å². The fraction of sp³-hybridized carbons (Fsp3) is 0.455. The van der Waals surface area contributed by atoms with Crippen LogP contribution in [0.4, 0.5) is 8.78 Å². The Morgan fingerprint density at radius 3 is 2.57 bits per heavy atom. The smallest absolute Gasteiger partial charge is 0.207 e. The zero-order valence-corrected chi connectivity index (χ0v) is 8.61. The summed E-state index contributed by atoms with van der Waals surface area (Å²) in [5.74, 6) is -3.15. The average molecular weight is 217 g/mol. The van der Waals surface area contributed by atoms with Gasteiger partial charge in [0, 0.05) is 10.9 Å². The Balaban J connectivity index is 2.26. The maximum Gasteiger partial charge on any atom is 0.248 e. The zero-order chi connectivity index (χ0) is 10.3. The molecule has 0 aliphatic heterocycles. The monoisotopic (exact) mass is 216 g/mol. The molecule has 2 rings (SSSR count). The van der Waals surface area contributed by atoms with Crippen molar-refractivity contribution in [3.63, 3.8) is 0 Å². The Morgan fingerprint density at radius 2 is 1.93 bits per heavy atom. The molecule has 1 aromatic rings. The first kappa shape index (κ1) is 9.91. The van der Waals surface area contributed by atoms with Crippen LogP contribution < -0.4 is 0 Å². The van der Waals surface area contributed by atoms with Gasteiger partial charge in [-0.3, -0.25) is 0 Å². The fourth-order valence-corrected chi connectivity index (χ4v) is 2.14. The summed E-state index contributed by atoms with van der Waals surface area (Å²) in [7, 11) is 0. The van der Waals surface area contributed by atoms with Crippen molar-refractivity contribution in [3.8, 4) is 0 Å². The number of rotatable bonds is 1. The van der Waals surface area contributed by atoms with E-state index in [1.807, 2.05) is 6.07 Å². The van der Waals surface area contributed by atoms with Gasteiger partial charge in [0.15, 0.2) is 0 Å². The number of benzene rings is 1. The molecule has 0 fully saturated rings. The summed E-state index contributed by atoms with van der Waals surface area (Å²) < 4.78 is 26.1. The molecule has 0 nitrogen and oxygen atoms in total. The van der Waals surface area contributed by atoms with Crippen LogP contribution in [0.3, 0.4) is 0 Å². The second-order valence-corrected chi connectivity index (χ2v) is 4.41. The van der Waals surface area contributed by atoms with Crippen molar-refractivity contribution in [1.82, 2.24) is 0 Å². The minimum Gasteiger partial charge on any atom is -0.207 e. The van der Waals surface area contributed by atoms with Crippen LogP contribution in [0, 0.1) is 5.92 Å². The summed E-state index contributed by atoms with van der Waals surface area (Å²) in [6.07, 6.45) is 0.912. The molecule has 0 bridgehead atoms. The van der Waals surface area contributed by atoms with E-state index in [1.165, 1.54) is 0 Å². The second kappa shape index (κ2) is 3.20. The molecule has 3 heteroatoms. The van der Waals surface area contributed by atoms with Gasteiger partial charge in [-0.2, -0.15) is 0 Å². The largest absolute Gasteiger partial charge is 0.248 e. The molecule has 0 saturated carbocycles. The Morgan fingerprint density at radius 1 is 1.29 bits per heavy atom. The lowest BCUT2D eigenvalue weighted by molar-refractivity contribution is -0.0354. The van der Waals surface area contributed by atoms with Gasteiger partial charge in [0.2, 0.25) is 5.92 Å². The molecule has 0 amide bonds. The summed E-state index contributed by atoms with van der Waals surface area (Å²) in [6, 6.07) is 5.41. The Kier molecular flexibility index (Phi) is 2.26. The van der Waals surface area contributed by atoms with Gasteiger partial charge in [0.05, 0.1) is 0 Å². The van der Waals surface area contributed by atoms with Crippen LogP contribution in [0.2, 0.25) is 5.02 Å². The van der Waals surface area contributed by atoms with Gasteiger partial charge in [-0.1, -0.05) is 17.7 Å². The van der Waals surface area contributed by atoms with Gasteiger partial charge in [0.1, 0.15) is 0 Å². The van der Waals surface area contributed by atoms with Crippen molar-refractivity contribution in [3.05, 3.63) is 34.3 Å². The first-order valence-electron chi connectivity index (χ1n) is 4.62. The Labute approximate surface area is 86.9 Å². The van der Waals surface area contributed by atoms with Crippen molar-refractivity contribution in [1.29, 1.82) is 0 Å². The summed E-state index contributed by atoms with van der Waals surface area (Å²) in [6.45, 7) is 0.991. The standard InChI is InChI=1S/C11H11ClF2/c1-11(13,14)9-4-7-2-3-10(12)6-8(7)5-9/h2-3,6,9H,4-5H2,1H3. The number of hydrogen-bond acceptors (Lipinski definition) is 0. The van der Waals surface area contributed by atoms with Crippen LogP contribution in [0.1, 0.15) is 18.1 Å². The number of hydrogen-bond donors (Lipinski definition) is 0. The molecule has 1 atom stereocenters. The summed E-state index contributed by atoms with van der Waals surface area (Å²) >= 11 is 5.80. The molecule has 1 aliphatic rings. The van der Waals surface area contributed by atoms with Gasteiger partial charge >= 0.3 is 0 Å². The van der Waals surface area contributed by atoms with Gasteiger partial charge in [-0.25, -0.2) is 8.78 Å². The minimum absolute atomic E-state index is 0.444. The first-order valence-corrected chi connectivity index (χ1v) is 5.00. The highest BCUT2D eigenvalue weighted by molar-refractivity contribution is 6.30. The van der Waals surface area contributed by atoms with Crippen molar-refractivity contribution in [2.45, 2.75) is 25.7 Å². The van der Waals surface area contributed by atoms with Gasteiger partial charge in [-0.05, 0) is 43.0 Å². The lowest BCUT2D eigenvalue weighted by atomic mass is 10.00. The molecule has 0 spiro atoms. The van der Waals surface area contributed by atoms with Gasteiger partial charge < -0.3 is 0 Å². The molecular formula is C11H11ClF2. The summed E-state index contributed by atoms with van der Waals surface area (Å²) in [5, 5.41) is 0.629. The summed E-state index contributed by atoms with van der Waals surface area (Å²) in [4.78, 5) is 0. The molecule has 14 heavy (non-hydrogen) atoms. The van der Waals surface area contributed by atoms with Crippen LogP contribution in [-0.2, 0) is 12.8 Å². The van der Waals surface area contributed by atoms with Crippen LogP contribution in [0.15, 0.2) is 18.2 Å². The van der Waals surface area contributed by atoms with E-state index < -0.39 is 11.8 Å². The van der Waals surface area contributed by atoms with Crippen molar-refractivity contribution in [2.24, 2.45) is 5.92 Å². The van der Waals surface area contributed by atoms with E-state index in [4.69, 9.17) is 11.6 Å². The molecule has 0 saturated heterocycles. The third-order valence-corrected chi connectivity index (χ3v) is 3.05. The topological polar surface area (TPSA) is 0 Å². The Bertz CT molecular complexity index is 355. The van der Waals surface area contributed by atoms with Crippen LogP contribution in [0.5, 0.6) is 0 Å². The van der Waals surface area contributed by atoms with E-state index in [0.717, 1.165) is 18.1 Å². The van der Waals surface area contributed by atoms with E-state index in [0.29, 0.717) is 17.9 Å². The van der Waals surface area contributed by atoms with Crippen LogP contribution in [-0.4, -0.2) is 5.92 Å². The third kappa shape index (κ3) is 1.76. The molecule has 1 unspecified atom stereocenters. The SMILES string of the molecule is CC(F)(F)C1Cc2ccc(Cl)cc2C1. The van der Waals surface area contributed by atoms with Crippen molar-refractivity contribution >= 4 is 11.6 Å². The van der Waals surface area contributed by atoms with Crippen molar-refractivity contribution in [2.75, 3.05) is 0 Å². The molecule has 0 heterocycles. The maximum atomic E-state index is 13.1. The fourth-order valence-electron chi connectivity index (χ4n) is 1.95. The average Bonchev–Trinajstić information content (AvgIpc) is 2.45. The number of halogens is 3. The molecule has 1 aromatic carbocycles. The zero-order valence-electron chi connectivity index (χ0n) is 7.86. The lowest BCUT2D eigenvalue weighted by Crippen LogP contribution is -2.24. The molecule has 1 aliphatic carbocycles. The molecule has 76 valence electrons. The molecule has 0 radical (unpaired) electrons. The first-order chi connectivity index (χ1) is 6.47. The molecule has 0 N–H and O–H groups in total. The number of alkyl halides is 2. The Hall–Kier alpha value is -0.630. The molecule has 0 aromatic heterocycles. The third-order valence-electron chi connectivity index (χ3n) is 2.82.